The van der Waals surface area contributed by atoms with Crippen LogP contribution in [-0.2, 0) is 7.05 Å². The summed E-state index contributed by atoms with van der Waals surface area (Å²) in [5, 5.41) is 1.22. The van der Waals surface area contributed by atoms with Crippen molar-refractivity contribution >= 4 is 34.3 Å². The number of hydrogen-bond acceptors (Lipinski definition) is 3. The van der Waals surface area contributed by atoms with Crippen LogP contribution in [0.3, 0.4) is 0 Å². The number of rotatable bonds is 1. The van der Waals surface area contributed by atoms with Crippen molar-refractivity contribution in [1.82, 2.24) is 14.1 Å². The molecule has 6 heteroatoms. The molecule has 1 aromatic carbocycles. The average Bonchev–Trinajstić information content (AvgIpc) is 3.04. The molecule has 0 bridgehead atoms. The largest absolute Gasteiger partial charge is 0.340 e. The number of aromatic amines is 1. The van der Waals surface area contributed by atoms with E-state index < -0.39 is 5.54 Å². The molecule has 4 rings (SSSR count). The molecule has 1 atom stereocenters. The van der Waals surface area contributed by atoms with Crippen LogP contribution in [0.2, 0.25) is 0 Å². The quantitative estimate of drug-likeness (QED) is 0.726. The van der Waals surface area contributed by atoms with Gasteiger partial charge in [-0.3, -0.25) is 14.6 Å². The Labute approximate surface area is 131 Å². The molecule has 0 saturated carbocycles. The van der Waals surface area contributed by atoms with Crippen molar-refractivity contribution < 1.29 is 4.79 Å². The molecular formula is C17H18N4O2. The fraction of sp³-hybridized carbons (Fsp3) is 0.353. The number of imidazole rings is 1. The minimum absolute atomic E-state index is 0.00621. The number of aromatic nitrogens is 3. The highest BCUT2D eigenvalue weighted by Gasteiger charge is 2.43. The van der Waals surface area contributed by atoms with E-state index in [-0.39, 0.29) is 17.4 Å². The third-order valence-corrected chi connectivity index (χ3v) is 5.19. The molecule has 23 heavy (non-hydrogen) atoms. The Bertz CT molecular complexity index is 1180. The first kappa shape index (κ1) is 14.0. The molecule has 0 amide bonds. The summed E-state index contributed by atoms with van der Waals surface area (Å²) in [7, 11) is 1.90. The summed E-state index contributed by atoms with van der Waals surface area (Å²) < 4.78 is 3.15. The molecule has 0 spiro atoms. The van der Waals surface area contributed by atoms with Gasteiger partial charge in [0, 0.05) is 7.05 Å². The normalized spacial score (nSPS) is 20.7. The van der Waals surface area contributed by atoms with E-state index >= 15 is 0 Å². The van der Waals surface area contributed by atoms with Crippen LogP contribution in [0.1, 0.15) is 25.6 Å². The zero-order chi connectivity index (χ0) is 16.7. The SMILES string of the molecule is C=c1[nH]c2c3c4n(c(=O)c3ccc2n1C)C(=O)C(C)(C(C)C)N=4. The van der Waals surface area contributed by atoms with Crippen molar-refractivity contribution in [3.8, 4) is 0 Å². The summed E-state index contributed by atoms with van der Waals surface area (Å²) in [6, 6.07) is 3.63. The van der Waals surface area contributed by atoms with Crippen molar-refractivity contribution in [2.45, 2.75) is 26.3 Å². The number of hydrogen-bond donors (Lipinski definition) is 1. The van der Waals surface area contributed by atoms with Gasteiger partial charge >= 0.3 is 0 Å². The number of carbonyl (C=O) groups excluding carboxylic acids is 1. The number of aryl methyl sites for hydroxylation is 1. The average molecular weight is 310 g/mol. The molecule has 0 fully saturated rings. The summed E-state index contributed by atoms with van der Waals surface area (Å²) in [4.78, 5) is 33.4. The summed E-state index contributed by atoms with van der Waals surface area (Å²) in [6.07, 6.45) is 0. The lowest BCUT2D eigenvalue weighted by molar-refractivity contribution is 0.0797. The number of fused-ring (bicyclic) bond motifs is 5. The third kappa shape index (κ3) is 1.46. The van der Waals surface area contributed by atoms with Gasteiger partial charge in [0.25, 0.3) is 11.5 Å². The Morgan fingerprint density at radius 2 is 2.00 bits per heavy atom. The Balaban J connectivity index is 2.29. The smallest absolute Gasteiger partial charge is 0.267 e. The van der Waals surface area contributed by atoms with Gasteiger partial charge in [0.2, 0.25) is 0 Å². The molecule has 0 saturated heterocycles. The minimum atomic E-state index is -0.896. The molecule has 0 radical (unpaired) electrons. The molecule has 118 valence electrons. The van der Waals surface area contributed by atoms with E-state index in [1.54, 1.807) is 13.0 Å². The topological polar surface area (TPSA) is 72.2 Å². The van der Waals surface area contributed by atoms with Crippen molar-refractivity contribution in [3.63, 3.8) is 0 Å². The highest BCUT2D eigenvalue weighted by Crippen LogP contribution is 2.28. The lowest BCUT2D eigenvalue weighted by Gasteiger charge is -2.22. The third-order valence-electron chi connectivity index (χ3n) is 5.19. The van der Waals surface area contributed by atoms with E-state index in [1.165, 1.54) is 4.57 Å². The van der Waals surface area contributed by atoms with Crippen LogP contribution >= 0.6 is 0 Å². The van der Waals surface area contributed by atoms with E-state index in [0.29, 0.717) is 16.3 Å². The van der Waals surface area contributed by atoms with Gasteiger partial charge in [-0.1, -0.05) is 20.4 Å². The van der Waals surface area contributed by atoms with E-state index in [1.807, 2.05) is 31.5 Å². The van der Waals surface area contributed by atoms with Crippen molar-refractivity contribution in [3.05, 3.63) is 33.5 Å². The van der Waals surface area contributed by atoms with Crippen molar-refractivity contribution in [1.29, 1.82) is 0 Å². The highest BCUT2D eigenvalue weighted by molar-refractivity contribution is 6.06. The highest BCUT2D eigenvalue weighted by atomic mass is 16.2. The molecule has 1 unspecified atom stereocenters. The Kier molecular flexibility index (Phi) is 2.44. The summed E-state index contributed by atoms with van der Waals surface area (Å²) in [5.41, 5.74) is 1.72. The van der Waals surface area contributed by atoms with Gasteiger partial charge < -0.3 is 9.55 Å². The maximum Gasteiger partial charge on any atom is 0.267 e. The first-order valence-corrected chi connectivity index (χ1v) is 7.63. The molecule has 6 nitrogen and oxygen atoms in total. The van der Waals surface area contributed by atoms with Gasteiger partial charge in [-0.25, -0.2) is 4.57 Å². The van der Waals surface area contributed by atoms with Crippen molar-refractivity contribution in [2.24, 2.45) is 18.0 Å². The standard InChI is InChI=1S/C17H18N4O2/c1-8(2)17(4)16(23)21-14(19-17)12-10(15(21)22)6-7-11-13(12)18-9(3)20(11)5/h6-8,18H,3H2,1-2,4-5H3. The first-order valence-electron chi connectivity index (χ1n) is 7.63. The van der Waals surface area contributed by atoms with Crippen LogP contribution in [0.15, 0.2) is 21.9 Å². The number of benzene rings is 1. The van der Waals surface area contributed by atoms with Crippen LogP contribution in [0, 0.1) is 5.92 Å². The summed E-state index contributed by atoms with van der Waals surface area (Å²) in [5.74, 6) is -0.241. The van der Waals surface area contributed by atoms with Gasteiger partial charge in [0.15, 0.2) is 0 Å². The molecule has 3 heterocycles. The second kappa shape index (κ2) is 4.01. The predicted molar refractivity (Wildman–Crippen MR) is 89.2 cm³/mol. The van der Waals surface area contributed by atoms with Crippen molar-refractivity contribution in [2.75, 3.05) is 0 Å². The van der Waals surface area contributed by atoms with Crippen LogP contribution in [0.25, 0.3) is 28.4 Å². The van der Waals surface area contributed by atoms with E-state index in [0.717, 1.165) is 16.5 Å². The molecular weight excluding hydrogens is 292 g/mol. The number of carbonyl (C=O) groups is 1. The zero-order valence-electron chi connectivity index (χ0n) is 13.6. The van der Waals surface area contributed by atoms with Crippen LogP contribution in [0.4, 0.5) is 0 Å². The summed E-state index contributed by atoms with van der Waals surface area (Å²) in [6.45, 7) is 9.64. The van der Waals surface area contributed by atoms with Crippen LogP contribution < -0.4 is 16.5 Å². The Hall–Kier alpha value is -2.63. The van der Waals surface area contributed by atoms with Crippen LogP contribution in [-0.4, -0.2) is 25.6 Å². The molecule has 1 aliphatic heterocycles. The summed E-state index contributed by atoms with van der Waals surface area (Å²) >= 11 is 0. The fourth-order valence-corrected chi connectivity index (χ4v) is 3.27. The lowest BCUT2D eigenvalue weighted by atomic mass is 9.89. The van der Waals surface area contributed by atoms with E-state index in [9.17, 15) is 9.59 Å². The van der Waals surface area contributed by atoms with E-state index in [4.69, 9.17) is 0 Å². The lowest BCUT2D eigenvalue weighted by Crippen LogP contribution is -2.41. The maximum absolute atomic E-state index is 12.8. The predicted octanol–water partition coefficient (Wildman–Crippen LogP) is 0.920. The molecule has 1 N–H and O–H groups in total. The Morgan fingerprint density at radius 1 is 1.30 bits per heavy atom. The number of nitrogens with zero attached hydrogens (tertiary/aromatic N) is 3. The van der Waals surface area contributed by atoms with E-state index in [2.05, 4.69) is 16.6 Å². The van der Waals surface area contributed by atoms with Gasteiger partial charge in [-0.05, 0) is 25.0 Å². The Morgan fingerprint density at radius 3 is 2.65 bits per heavy atom. The number of H-pyrrole nitrogens is 1. The maximum atomic E-state index is 12.8. The monoisotopic (exact) mass is 310 g/mol. The molecule has 2 aromatic heterocycles. The second-order valence-electron chi connectivity index (χ2n) is 6.70. The molecule has 1 aliphatic rings. The van der Waals surface area contributed by atoms with Gasteiger partial charge in [0.05, 0.1) is 21.8 Å². The van der Waals surface area contributed by atoms with Crippen LogP contribution in [0.5, 0.6) is 0 Å². The molecule has 0 aliphatic carbocycles. The van der Waals surface area contributed by atoms with Gasteiger partial charge in [-0.2, -0.15) is 0 Å². The number of nitrogens with one attached hydrogen (secondary N) is 1. The van der Waals surface area contributed by atoms with Gasteiger partial charge in [0.1, 0.15) is 16.5 Å². The zero-order valence-corrected chi connectivity index (χ0v) is 13.6. The first-order chi connectivity index (χ1) is 10.8. The molecule has 3 aromatic rings. The minimum Gasteiger partial charge on any atom is -0.340 e. The second-order valence-corrected chi connectivity index (χ2v) is 6.70. The fourth-order valence-electron chi connectivity index (χ4n) is 3.27. The van der Waals surface area contributed by atoms with Gasteiger partial charge in [-0.15, -0.1) is 0 Å².